The number of aromatic nitrogens is 3. The lowest BCUT2D eigenvalue weighted by Crippen LogP contribution is -2.00. The molecule has 20 heavy (non-hydrogen) atoms. The quantitative estimate of drug-likeness (QED) is 0.787. The van der Waals surface area contributed by atoms with E-state index >= 15 is 0 Å². The molecule has 4 nitrogen and oxygen atoms in total. The zero-order valence-corrected chi connectivity index (χ0v) is 11.6. The second-order valence-corrected chi connectivity index (χ2v) is 4.66. The first kappa shape index (κ1) is 12.5. The Morgan fingerprint density at radius 3 is 2.80 bits per heavy atom. The highest BCUT2D eigenvalue weighted by Crippen LogP contribution is 2.21. The minimum atomic E-state index is 0.728. The van der Waals surface area contributed by atoms with E-state index in [0.29, 0.717) is 0 Å². The fourth-order valence-corrected chi connectivity index (χ4v) is 2.14. The summed E-state index contributed by atoms with van der Waals surface area (Å²) in [5.74, 6) is 1.57. The topological polar surface area (TPSA) is 50.7 Å². The van der Waals surface area contributed by atoms with Gasteiger partial charge in [-0.3, -0.25) is 4.98 Å². The first-order valence-corrected chi connectivity index (χ1v) is 6.71. The number of nitrogens with one attached hydrogen (secondary N) is 1. The van der Waals surface area contributed by atoms with Crippen molar-refractivity contribution in [3.63, 3.8) is 0 Å². The fraction of sp³-hybridized carbons (Fsp3) is 0.188. The van der Waals surface area contributed by atoms with Gasteiger partial charge in [-0.05, 0) is 44.2 Å². The van der Waals surface area contributed by atoms with Crippen molar-refractivity contribution < 1.29 is 0 Å². The summed E-state index contributed by atoms with van der Waals surface area (Å²) < 4.78 is 0. The maximum absolute atomic E-state index is 4.51. The zero-order valence-electron chi connectivity index (χ0n) is 11.6. The van der Waals surface area contributed by atoms with Gasteiger partial charge in [0.1, 0.15) is 5.82 Å². The summed E-state index contributed by atoms with van der Waals surface area (Å²) in [6.07, 6.45) is 1.78. The smallest absolute Gasteiger partial charge is 0.161 e. The van der Waals surface area contributed by atoms with Gasteiger partial charge in [0.15, 0.2) is 5.82 Å². The van der Waals surface area contributed by atoms with E-state index in [1.54, 1.807) is 6.20 Å². The number of pyridine rings is 1. The maximum Gasteiger partial charge on any atom is 0.161 e. The van der Waals surface area contributed by atoms with Crippen LogP contribution in [0.5, 0.6) is 0 Å². The van der Waals surface area contributed by atoms with Crippen LogP contribution in [0.2, 0.25) is 0 Å². The van der Waals surface area contributed by atoms with Crippen molar-refractivity contribution in [2.24, 2.45) is 0 Å². The van der Waals surface area contributed by atoms with Gasteiger partial charge in [0.2, 0.25) is 0 Å². The van der Waals surface area contributed by atoms with Gasteiger partial charge in [0, 0.05) is 29.4 Å². The molecule has 0 spiro atoms. The Morgan fingerprint density at radius 1 is 1.05 bits per heavy atom. The van der Waals surface area contributed by atoms with Gasteiger partial charge in [-0.25, -0.2) is 9.97 Å². The maximum atomic E-state index is 4.51. The average Bonchev–Trinajstić information content (AvgIpc) is 2.47. The molecule has 0 atom stereocenters. The number of rotatable bonds is 3. The van der Waals surface area contributed by atoms with Crippen molar-refractivity contribution in [2.75, 3.05) is 11.9 Å². The number of hydrogen-bond acceptors (Lipinski definition) is 4. The number of anilines is 1. The van der Waals surface area contributed by atoms with Crippen LogP contribution >= 0.6 is 0 Å². The first-order valence-electron chi connectivity index (χ1n) is 6.71. The molecule has 1 aromatic carbocycles. The Kier molecular flexibility index (Phi) is 3.29. The first-order chi connectivity index (χ1) is 9.76. The Labute approximate surface area is 117 Å². The normalized spacial score (nSPS) is 10.7. The molecule has 0 bridgehead atoms. The summed E-state index contributed by atoms with van der Waals surface area (Å²) >= 11 is 0. The molecule has 3 aromatic rings. The molecule has 0 aliphatic heterocycles. The van der Waals surface area contributed by atoms with Crippen LogP contribution in [-0.2, 0) is 0 Å². The van der Waals surface area contributed by atoms with E-state index in [1.807, 2.05) is 38.1 Å². The van der Waals surface area contributed by atoms with Gasteiger partial charge < -0.3 is 5.32 Å². The number of aryl methyl sites for hydroxylation is 1. The predicted molar refractivity (Wildman–Crippen MR) is 81.7 cm³/mol. The molecule has 0 saturated heterocycles. The molecular weight excluding hydrogens is 248 g/mol. The van der Waals surface area contributed by atoms with E-state index in [4.69, 9.17) is 0 Å². The van der Waals surface area contributed by atoms with Crippen LogP contribution in [0.25, 0.3) is 22.3 Å². The summed E-state index contributed by atoms with van der Waals surface area (Å²) in [7, 11) is 0. The third kappa shape index (κ3) is 2.45. The third-order valence-electron chi connectivity index (χ3n) is 3.10. The summed E-state index contributed by atoms with van der Waals surface area (Å²) in [5, 5.41) is 4.30. The molecule has 0 fully saturated rings. The predicted octanol–water partition coefficient (Wildman–Crippen LogP) is 3.43. The van der Waals surface area contributed by atoms with Crippen molar-refractivity contribution >= 4 is 16.7 Å². The molecule has 0 radical (unpaired) electrons. The Balaban J connectivity index is 2.05. The van der Waals surface area contributed by atoms with E-state index in [-0.39, 0.29) is 0 Å². The Morgan fingerprint density at radius 2 is 1.95 bits per heavy atom. The second kappa shape index (κ2) is 5.25. The van der Waals surface area contributed by atoms with E-state index in [2.05, 4.69) is 32.4 Å². The van der Waals surface area contributed by atoms with Gasteiger partial charge in [0.25, 0.3) is 0 Å². The monoisotopic (exact) mass is 264 g/mol. The highest BCUT2D eigenvalue weighted by molar-refractivity contribution is 5.83. The summed E-state index contributed by atoms with van der Waals surface area (Å²) in [4.78, 5) is 13.4. The lowest BCUT2D eigenvalue weighted by molar-refractivity contribution is 1.12. The molecule has 100 valence electrons. The van der Waals surface area contributed by atoms with Crippen molar-refractivity contribution in [3.05, 3.63) is 48.3 Å². The van der Waals surface area contributed by atoms with Crippen molar-refractivity contribution in [2.45, 2.75) is 13.8 Å². The van der Waals surface area contributed by atoms with Gasteiger partial charge in [-0.1, -0.05) is 6.07 Å². The largest absolute Gasteiger partial charge is 0.370 e. The molecule has 2 aromatic heterocycles. The summed E-state index contributed by atoms with van der Waals surface area (Å²) in [6.45, 7) is 4.89. The highest BCUT2D eigenvalue weighted by Gasteiger charge is 2.04. The van der Waals surface area contributed by atoms with Crippen LogP contribution in [0, 0.1) is 6.92 Å². The number of hydrogen-bond donors (Lipinski definition) is 1. The molecule has 2 heterocycles. The lowest BCUT2D eigenvalue weighted by Gasteiger charge is -2.06. The molecule has 1 N–H and O–H groups in total. The molecule has 0 unspecified atom stereocenters. The molecular formula is C16H16N4. The zero-order chi connectivity index (χ0) is 13.9. The molecule has 0 amide bonds. The van der Waals surface area contributed by atoms with Crippen LogP contribution in [0.15, 0.2) is 42.6 Å². The minimum absolute atomic E-state index is 0.728. The van der Waals surface area contributed by atoms with Gasteiger partial charge in [-0.2, -0.15) is 0 Å². The van der Waals surface area contributed by atoms with E-state index in [9.17, 15) is 0 Å². The van der Waals surface area contributed by atoms with Gasteiger partial charge >= 0.3 is 0 Å². The third-order valence-corrected chi connectivity index (χ3v) is 3.10. The van der Waals surface area contributed by atoms with Crippen LogP contribution in [0.3, 0.4) is 0 Å². The molecule has 3 rings (SSSR count). The van der Waals surface area contributed by atoms with Crippen LogP contribution < -0.4 is 5.32 Å². The molecule has 0 aliphatic rings. The van der Waals surface area contributed by atoms with E-state index < -0.39 is 0 Å². The molecule has 0 saturated carbocycles. The minimum Gasteiger partial charge on any atom is -0.370 e. The SMILES string of the molecule is CCNc1ccnc(-c2ccc3nc(C)ccc3c2)n1. The Hall–Kier alpha value is -2.49. The van der Waals surface area contributed by atoms with E-state index in [1.165, 1.54) is 0 Å². The van der Waals surface area contributed by atoms with Crippen LogP contribution in [0.4, 0.5) is 5.82 Å². The fourth-order valence-electron chi connectivity index (χ4n) is 2.14. The average molecular weight is 264 g/mol. The molecule has 4 heteroatoms. The van der Waals surface area contributed by atoms with Gasteiger partial charge in [-0.15, -0.1) is 0 Å². The highest BCUT2D eigenvalue weighted by atomic mass is 15.0. The standard InChI is InChI=1S/C16H16N4/c1-3-17-15-8-9-18-16(20-15)13-6-7-14-12(10-13)5-4-11(2)19-14/h4-10H,3H2,1-2H3,(H,17,18,20). The number of nitrogens with zero attached hydrogens (tertiary/aromatic N) is 3. The number of benzene rings is 1. The van der Waals surface area contributed by atoms with Crippen LogP contribution in [-0.4, -0.2) is 21.5 Å². The summed E-state index contributed by atoms with van der Waals surface area (Å²) in [5.41, 5.74) is 3.02. The lowest BCUT2D eigenvalue weighted by atomic mass is 10.1. The van der Waals surface area contributed by atoms with Crippen molar-refractivity contribution in [3.8, 4) is 11.4 Å². The Bertz CT molecular complexity index is 752. The van der Waals surface area contributed by atoms with Crippen molar-refractivity contribution in [1.82, 2.24) is 15.0 Å². The second-order valence-electron chi connectivity index (χ2n) is 4.66. The van der Waals surface area contributed by atoms with Crippen molar-refractivity contribution in [1.29, 1.82) is 0 Å². The van der Waals surface area contributed by atoms with Crippen LogP contribution in [0.1, 0.15) is 12.6 Å². The summed E-state index contributed by atoms with van der Waals surface area (Å²) in [6, 6.07) is 12.1. The number of fused-ring (bicyclic) bond motifs is 1. The van der Waals surface area contributed by atoms with Gasteiger partial charge in [0.05, 0.1) is 5.52 Å². The molecule has 0 aliphatic carbocycles. The van der Waals surface area contributed by atoms with E-state index in [0.717, 1.165) is 40.3 Å².